The maximum atomic E-state index is 12.2. The number of aromatic nitrogens is 2. The molecule has 0 saturated carbocycles. The number of amides is 1. The summed E-state index contributed by atoms with van der Waals surface area (Å²) >= 11 is 0. The third kappa shape index (κ3) is 2.98. The van der Waals surface area contributed by atoms with Gasteiger partial charge in [-0.15, -0.1) is 0 Å². The van der Waals surface area contributed by atoms with Gasteiger partial charge in [-0.1, -0.05) is 18.2 Å². The minimum Gasteiger partial charge on any atom is -0.399 e. The molecule has 0 saturated heterocycles. The molecule has 0 fully saturated rings. The van der Waals surface area contributed by atoms with Crippen LogP contribution in [-0.2, 0) is 6.54 Å². The van der Waals surface area contributed by atoms with Crippen LogP contribution in [0, 0.1) is 0 Å². The fourth-order valence-electron chi connectivity index (χ4n) is 2.21. The monoisotopic (exact) mass is 292 g/mol. The summed E-state index contributed by atoms with van der Waals surface area (Å²) in [6.45, 7) is 0.430. The molecule has 22 heavy (non-hydrogen) atoms. The molecule has 2 aromatic carbocycles. The standard InChI is InChI=1S/C17H16N4O/c18-15-8-6-13(7-9-15)17(22)19-12-14-4-1-2-5-16(14)21-11-3-10-20-21/h1-11H,12,18H2,(H,19,22). The number of hydrogen-bond donors (Lipinski definition) is 2. The largest absolute Gasteiger partial charge is 0.399 e. The first-order chi connectivity index (χ1) is 10.7. The molecule has 3 rings (SSSR count). The Labute approximate surface area is 128 Å². The maximum Gasteiger partial charge on any atom is 0.251 e. The minimum absolute atomic E-state index is 0.129. The fourth-order valence-corrected chi connectivity index (χ4v) is 2.21. The van der Waals surface area contributed by atoms with E-state index < -0.39 is 0 Å². The van der Waals surface area contributed by atoms with Crippen LogP contribution in [0.15, 0.2) is 67.0 Å². The lowest BCUT2D eigenvalue weighted by atomic mass is 10.1. The van der Waals surface area contributed by atoms with Crippen molar-refractivity contribution >= 4 is 11.6 Å². The third-order valence-electron chi connectivity index (χ3n) is 3.36. The molecular weight excluding hydrogens is 276 g/mol. The molecule has 0 aliphatic carbocycles. The molecule has 0 aliphatic rings. The molecule has 1 heterocycles. The molecule has 3 N–H and O–H groups in total. The van der Waals surface area contributed by atoms with Gasteiger partial charge in [0.25, 0.3) is 5.91 Å². The first-order valence-electron chi connectivity index (χ1n) is 6.96. The van der Waals surface area contributed by atoms with Crippen molar-refractivity contribution in [2.45, 2.75) is 6.54 Å². The Morgan fingerprint density at radius 2 is 1.86 bits per heavy atom. The van der Waals surface area contributed by atoms with Crippen molar-refractivity contribution in [3.63, 3.8) is 0 Å². The highest BCUT2D eigenvalue weighted by atomic mass is 16.1. The molecule has 0 radical (unpaired) electrons. The summed E-state index contributed by atoms with van der Waals surface area (Å²) in [6.07, 6.45) is 3.60. The SMILES string of the molecule is Nc1ccc(C(=O)NCc2ccccc2-n2cccn2)cc1. The van der Waals surface area contributed by atoms with E-state index in [2.05, 4.69) is 10.4 Å². The van der Waals surface area contributed by atoms with Gasteiger partial charge in [0.1, 0.15) is 0 Å². The highest BCUT2D eigenvalue weighted by Gasteiger charge is 2.08. The number of anilines is 1. The summed E-state index contributed by atoms with van der Waals surface area (Å²) in [4.78, 5) is 12.2. The van der Waals surface area contributed by atoms with E-state index >= 15 is 0 Å². The summed E-state index contributed by atoms with van der Waals surface area (Å²) in [5, 5.41) is 7.15. The van der Waals surface area contributed by atoms with E-state index in [0.29, 0.717) is 17.8 Å². The zero-order chi connectivity index (χ0) is 15.4. The molecule has 1 amide bonds. The van der Waals surface area contributed by atoms with Crippen LogP contribution in [0.5, 0.6) is 0 Å². The van der Waals surface area contributed by atoms with Crippen molar-refractivity contribution in [1.82, 2.24) is 15.1 Å². The van der Waals surface area contributed by atoms with Crippen molar-refractivity contribution < 1.29 is 4.79 Å². The van der Waals surface area contributed by atoms with Crippen LogP contribution >= 0.6 is 0 Å². The lowest BCUT2D eigenvalue weighted by Gasteiger charge is -2.11. The van der Waals surface area contributed by atoms with E-state index in [1.54, 1.807) is 35.1 Å². The lowest BCUT2D eigenvalue weighted by molar-refractivity contribution is 0.0951. The van der Waals surface area contributed by atoms with Gasteiger partial charge in [0, 0.05) is 30.2 Å². The summed E-state index contributed by atoms with van der Waals surface area (Å²) in [5.74, 6) is -0.129. The average Bonchev–Trinajstić information content (AvgIpc) is 3.08. The Hall–Kier alpha value is -3.08. The molecule has 3 aromatic rings. The van der Waals surface area contributed by atoms with Crippen LogP contribution in [0.2, 0.25) is 0 Å². The van der Waals surface area contributed by atoms with E-state index in [0.717, 1.165) is 11.3 Å². The minimum atomic E-state index is -0.129. The highest BCUT2D eigenvalue weighted by Crippen LogP contribution is 2.13. The summed E-state index contributed by atoms with van der Waals surface area (Å²) < 4.78 is 1.78. The van der Waals surface area contributed by atoms with E-state index in [1.807, 2.05) is 36.5 Å². The Morgan fingerprint density at radius 3 is 2.59 bits per heavy atom. The van der Waals surface area contributed by atoms with Gasteiger partial charge >= 0.3 is 0 Å². The van der Waals surface area contributed by atoms with Crippen molar-refractivity contribution in [3.05, 3.63) is 78.1 Å². The zero-order valence-corrected chi connectivity index (χ0v) is 11.9. The van der Waals surface area contributed by atoms with Gasteiger partial charge in [-0.3, -0.25) is 4.79 Å². The average molecular weight is 292 g/mol. The molecule has 0 spiro atoms. The second-order valence-electron chi connectivity index (χ2n) is 4.88. The number of rotatable bonds is 4. The number of carbonyl (C=O) groups is 1. The quantitative estimate of drug-likeness (QED) is 0.725. The fraction of sp³-hybridized carbons (Fsp3) is 0.0588. The number of nitrogens with one attached hydrogen (secondary N) is 1. The van der Waals surface area contributed by atoms with Crippen molar-refractivity contribution in [3.8, 4) is 5.69 Å². The predicted octanol–water partition coefficient (Wildman–Crippen LogP) is 2.38. The smallest absolute Gasteiger partial charge is 0.251 e. The second-order valence-corrected chi connectivity index (χ2v) is 4.88. The first-order valence-corrected chi connectivity index (χ1v) is 6.96. The van der Waals surface area contributed by atoms with Crippen molar-refractivity contribution in [1.29, 1.82) is 0 Å². The Kier molecular flexibility index (Phi) is 3.87. The first kappa shape index (κ1) is 13.9. The molecule has 0 aliphatic heterocycles. The molecule has 0 unspecified atom stereocenters. The molecule has 110 valence electrons. The van der Waals surface area contributed by atoms with E-state index in [-0.39, 0.29) is 5.91 Å². The highest BCUT2D eigenvalue weighted by molar-refractivity contribution is 5.94. The topological polar surface area (TPSA) is 72.9 Å². The second kappa shape index (κ2) is 6.13. The van der Waals surface area contributed by atoms with Gasteiger partial charge in [-0.25, -0.2) is 4.68 Å². The van der Waals surface area contributed by atoms with Crippen LogP contribution in [0.25, 0.3) is 5.69 Å². The lowest BCUT2D eigenvalue weighted by Crippen LogP contribution is -2.23. The maximum absolute atomic E-state index is 12.2. The van der Waals surface area contributed by atoms with Crippen LogP contribution < -0.4 is 11.1 Å². The van der Waals surface area contributed by atoms with Crippen LogP contribution in [0.1, 0.15) is 15.9 Å². The predicted molar refractivity (Wildman–Crippen MR) is 85.6 cm³/mol. The third-order valence-corrected chi connectivity index (χ3v) is 3.36. The molecular formula is C17H16N4O. The van der Waals surface area contributed by atoms with Gasteiger partial charge in [0.15, 0.2) is 0 Å². The van der Waals surface area contributed by atoms with Crippen molar-refractivity contribution in [2.75, 3.05) is 5.73 Å². The Balaban J connectivity index is 1.74. The number of carbonyl (C=O) groups excluding carboxylic acids is 1. The number of benzene rings is 2. The molecule has 1 aromatic heterocycles. The zero-order valence-electron chi connectivity index (χ0n) is 11.9. The van der Waals surface area contributed by atoms with Crippen molar-refractivity contribution in [2.24, 2.45) is 0 Å². The molecule has 0 bridgehead atoms. The number of hydrogen-bond acceptors (Lipinski definition) is 3. The number of nitrogens with zero attached hydrogens (tertiary/aromatic N) is 2. The van der Waals surface area contributed by atoms with Gasteiger partial charge in [-0.05, 0) is 42.0 Å². The van der Waals surface area contributed by atoms with E-state index in [9.17, 15) is 4.79 Å². The van der Waals surface area contributed by atoms with Crippen LogP contribution in [0.3, 0.4) is 0 Å². The molecule has 5 nitrogen and oxygen atoms in total. The summed E-state index contributed by atoms with van der Waals surface area (Å²) in [6, 6.07) is 16.6. The van der Waals surface area contributed by atoms with E-state index in [4.69, 9.17) is 5.73 Å². The van der Waals surface area contributed by atoms with Gasteiger partial charge in [-0.2, -0.15) is 5.10 Å². The number of nitrogen functional groups attached to an aromatic ring is 1. The summed E-state index contributed by atoms with van der Waals surface area (Å²) in [7, 11) is 0. The Bertz CT molecular complexity index is 764. The Morgan fingerprint density at radius 1 is 1.09 bits per heavy atom. The van der Waals surface area contributed by atoms with Gasteiger partial charge < -0.3 is 11.1 Å². The normalized spacial score (nSPS) is 10.4. The van der Waals surface area contributed by atoms with Gasteiger partial charge in [0.05, 0.1) is 5.69 Å². The number of nitrogens with two attached hydrogens (primary N) is 1. The van der Waals surface area contributed by atoms with E-state index in [1.165, 1.54) is 0 Å². The van der Waals surface area contributed by atoms with Crippen LogP contribution in [0.4, 0.5) is 5.69 Å². The molecule has 0 atom stereocenters. The van der Waals surface area contributed by atoms with Gasteiger partial charge in [0.2, 0.25) is 0 Å². The molecule has 5 heteroatoms. The van der Waals surface area contributed by atoms with Crippen LogP contribution in [-0.4, -0.2) is 15.7 Å². The number of para-hydroxylation sites is 1. The summed E-state index contributed by atoms with van der Waals surface area (Å²) in [5.41, 5.74) is 8.80.